The maximum atomic E-state index is 12.2. The number of aryl methyl sites for hydroxylation is 1. The van der Waals surface area contributed by atoms with E-state index in [9.17, 15) is 4.79 Å². The van der Waals surface area contributed by atoms with E-state index in [2.05, 4.69) is 15.3 Å². The third-order valence-corrected chi connectivity index (χ3v) is 5.40. The molecule has 4 rings (SSSR count). The predicted molar refractivity (Wildman–Crippen MR) is 110 cm³/mol. The standard InChI is InChI=1S/C21H21N5OS/c27-21(23-9-3-11-25-13-10-22-16-25)17-5-7-19(8-6-17)28-15-18-14-26-12-2-1-4-20(26)24-18/h1-2,4-8,10,12-14,16H,3,9,11,15H2,(H,23,27). The van der Waals surface area contributed by atoms with Crippen LogP contribution in [0.15, 0.2) is 78.5 Å². The lowest BCUT2D eigenvalue weighted by molar-refractivity contribution is 0.0952. The number of carbonyl (C=O) groups is 1. The lowest BCUT2D eigenvalue weighted by Gasteiger charge is -2.06. The fourth-order valence-corrected chi connectivity index (χ4v) is 3.68. The van der Waals surface area contributed by atoms with Gasteiger partial charge in [0.05, 0.1) is 12.0 Å². The minimum Gasteiger partial charge on any atom is -0.352 e. The molecule has 0 saturated heterocycles. The Morgan fingerprint density at radius 2 is 2.00 bits per heavy atom. The van der Waals surface area contributed by atoms with Gasteiger partial charge in [0, 0.05) is 54.1 Å². The zero-order chi connectivity index (χ0) is 19.2. The monoisotopic (exact) mass is 391 g/mol. The van der Waals surface area contributed by atoms with Crippen molar-refractivity contribution < 1.29 is 4.79 Å². The molecule has 142 valence electrons. The molecule has 3 heterocycles. The number of carbonyl (C=O) groups excluding carboxylic acids is 1. The van der Waals surface area contributed by atoms with Crippen molar-refractivity contribution in [2.75, 3.05) is 6.54 Å². The molecule has 1 amide bonds. The van der Waals surface area contributed by atoms with E-state index in [-0.39, 0.29) is 5.91 Å². The fourth-order valence-electron chi connectivity index (χ4n) is 2.90. The summed E-state index contributed by atoms with van der Waals surface area (Å²) < 4.78 is 4.03. The van der Waals surface area contributed by atoms with Gasteiger partial charge in [-0.15, -0.1) is 11.8 Å². The van der Waals surface area contributed by atoms with Crippen molar-refractivity contribution in [2.24, 2.45) is 0 Å². The number of amides is 1. The number of nitrogens with zero attached hydrogens (tertiary/aromatic N) is 4. The summed E-state index contributed by atoms with van der Waals surface area (Å²) >= 11 is 1.71. The van der Waals surface area contributed by atoms with Gasteiger partial charge >= 0.3 is 0 Å². The molecule has 3 aromatic heterocycles. The third-order valence-electron chi connectivity index (χ3n) is 4.35. The van der Waals surface area contributed by atoms with Crippen LogP contribution in [0.4, 0.5) is 0 Å². The average molecular weight is 392 g/mol. The van der Waals surface area contributed by atoms with Crippen LogP contribution >= 0.6 is 11.8 Å². The second-order valence-electron chi connectivity index (χ2n) is 6.42. The molecular formula is C21H21N5OS. The normalized spacial score (nSPS) is 11.0. The number of nitrogens with one attached hydrogen (secondary N) is 1. The van der Waals surface area contributed by atoms with Crippen LogP contribution in [0.2, 0.25) is 0 Å². The first-order valence-electron chi connectivity index (χ1n) is 9.17. The molecule has 0 aliphatic carbocycles. The number of aromatic nitrogens is 4. The molecule has 4 aromatic rings. The summed E-state index contributed by atoms with van der Waals surface area (Å²) in [6, 6.07) is 13.7. The molecule has 0 unspecified atom stereocenters. The Balaban J connectivity index is 1.25. The fraction of sp³-hybridized carbons (Fsp3) is 0.190. The molecule has 0 atom stereocenters. The molecule has 0 radical (unpaired) electrons. The van der Waals surface area contributed by atoms with E-state index in [4.69, 9.17) is 0 Å². The van der Waals surface area contributed by atoms with Crippen LogP contribution in [0.5, 0.6) is 0 Å². The van der Waals surface area contributed by atoms with Gasteiger partial charge in [0.25, 0.3) is 5.91 Å². The molecule has 28 heavy (non-hydrogen) atoms. The summed E-state index contributed by atoms with van der Waals surface area (Å²) in [7, 11) is 0. The van der Waals surface area contributed by atoms with Crippen LogP contribution in [0, 0.1) is 0 Å². The van der Waals surface area contributed by atoms with Gasteiger partial charge in [0.1, 0.15) is 5.65 Å². The maximum absolute atomic E-state index is 12.2. The van der Waals surface area contributed by atoms with Gasteiger partial charge in [-0.25, -0.2) is 9.97 Å². The molecule has 0 aliphatic rings. The van der Waals surface area contributed by atoms with Gasteiger partial charge in [-0.05, 0) is 42.8 Å². The predicted octanol–water partition coefficient (Wildman–Crippen LogP) is 3.64. The van der Waals surface area contributed by atoms with Crippen molar-refractivity contribution in [3.05, 3.63) is 84.8 Å². The molecule has 0 saturated carbocycles. The summed E-state index contributed by atoms with van der Waals surface area (Å²) in [4.78, 5) is 22.0. The molecule has 0 fully saturated rings. The number of hydrogen-bond donors (Lipinski definition) is 1. The zero-order valence-electron chi connectivity index (χ0n) is 15.4. The number of benzene rings is 1. The number of rotatable bonds is 8. The Bertz CT molecular complexity index is 1010. The molecule has 0 bridgehead atoms. The van der Waals surface area contributed by atoms with Crippen LogP contribution < -0.4 is 5.32 Å². The highest BCUT2D eigenvalue weighted by Crippen LogP contribution is 2.23. The number of imidazole rings is 2. The summed E-state index contributed by atoms with van der Waals surface area (Å²) in [5.74, 6) is 0.754. The average Bonchev–Trinajstić information content (AvgIpc) is 3.39. The highest BCUT2D eigenvalue weighted by Gasteiger charge is 2.06. The quantitative estimate of drug-likeness (QED) is 0.368. The highest BCUT2D eigenvalue weighted by molar-refractivity contribution is 7.98. The van der Waals surface area contributed by atoms with Gasteiger partial charge in [-0.2, -0.15) is 0 Å². The van der Waals surface area contributed by atoms with Crippen molar-refractivity contribution >= 4 is 23.3 Å². The molecule has 7 heteroatoms. The van der Waals surface area contributed by atoms with E-state index >= 15 is 0 Å². The van der Waals surface area contributed by atoms with Crippen LogP contribution in [0.3, 0.4) is 0 Å². The SMILES string of the molecule is O=C(NCCCn1ccnc1)c1ccc(SCc2cn3ccccc3n2)cc1. The Kier molecular flexibility index (Phi) is 5.72. The molecule has 0 spiro atoms. The summed E-state index contributed by atoms with van der Waals surface area (Å²) in [5.41, 5.74) is 2.67. The molecule has 6 nitrogen and oxygen atoms in total. The Hall–Kier alpha value is -3.06. The van der Waals surface area contributed by atoms with Gasteiger partial charge < -0.3 is 14.3 Å². The number of pyridine rings is 1. The Labute approximate surface area is 167 Å². The third kappa shape index (κ3) is 4.61. The molecule has 0 aliphatic heterocycles. The van der Waals surface area contributed by atoms with Crippen LogP contribution in [-0.2, 0) is 12.3 Å². The summed E-state index contributed by atoms with van der Waals surface area (Å²) in [6.45, 7) is 1.49. The van der Waals surface area contributed by atoms with Crippen molar-refractivity contribution in [1.29, 1.82) is 0 Å². The van der Waals surface area contributed by atoms with E-state index in [1.807, 2.05) is 70.0 Å². The van der Waals surface area contributed by atoms with Crippen LogP contribution in [0.1, 0.15) is 22.5 Å². The van der Waals surface area contributed by atoms with E-state index in [0.717, 1.165) is 35.0 Å². The van der Waals surface area contributed by atoms with Gasteiger partial charge in [-0.3, -0.25) is 4.79 Å². The van der Waals surface area contributed by atoms with Crippen molar-refractivity contribution in [3.63, 3.8) is 0 Å². The summed E-state index contributed by atoms with van der Waals surface area (Å²) in [5, 5.41) is 2.96. The Morgan fingerprint density at radius 1 is 1.11 bits per heavy atom. The van der Waals surface area contributed by atoms with Crippen molar-refractivity contribution in [1.82, 2.24) is 24.3 Å². The highest BCUT2D eigenvalue weighted by atomic mass is 32.2. The van der Waals surface area contributed by atoms with Crippen molar-refractivity contribution in [3.8, 4) is 0 Å². The first-order valence-corrected chi connectivity index (χ1v) is 10.2. The van der Waals surface area contributed by atoms with Crippen LogP contribution in [0.25, 0.3) is 5.65 Å². The first-order chi connectivity index (χ1) is 13.8. The Morgan fingerprint density at radius 3 is 2.79 bits per heavy atom. The second kappa shape index (κ2) is 8.75. The lowest BCUT2D eigenvalue weighted by atomic mass is 10.2. The van der Waals surface area contributed by atoms with E-state index < -0.39 is 0 Å². The minimum absolute atomic E-state index is 0.0393. The number of fused-ring (bicyclic) bond motifs is 1. The zero-order valence-corrected chi connectivity index (χ0v) is 16.2. The van der Waals surface area contributed by atoms with Crippen LogP contribution in [-0.4, -0.2) is 31.4 Å². The van der Waals surface area contributed by atoms with Gasteiger partial charge in [-0.1, -0.05) is 6.07 Å². The molecular weight excluding hydrogens is 370 g/mol. The smallest absolute Gasteiger partial charge is 0.251 e. The number of hydrogen-bond acceptors (Lipinski definition) is 4. The topological polar surface area (TPSA) is 64.2 Å². The van der Waals surface area contributed by atoms with Gasteiger partial charge in [0.15, 0.2) is 0 Å². The second-order valence-corrected chi connectivity index (χ2v) is 7.47. The van der Waals surface area contributed by atoms with E-state index in [1.54, 1.807) is 24.3 Å². The van der Waals surface area contributed by atoms with E-state index in [1.165, 1.54) is 0 Å². The number of thioether (sulfide) groups is 1. The lowest BCUT2D eigenvalue weighted by Crippen LogP contribution is -2.25. The molecule has 1 aromatic carbocycles. The van der Waals surface area contributed by atoms with Gasteiger partial charge in [0.2, 0.25) is 0 Å². The largest absolute Gasteiger partial charge is 0.352 e. The maximum Gasteiger partial charge on any atom is 0.251 e. The van der Waals surface area contributed by atoms with Crippen molar-refractivity contribution in [2.45, 2.75) is 23.6 Å². The summed E-state index contributed by atoms with van der Waals surface area (Å²) in [6.07, 6.45) is 10.4. The molecule has 1 N–H and O–H groups in total. The minimum atomic E-state index is -0.0393. The first kappa shape index (κ1) is 18.3. The van der Waals surface area contributed by atoms with E-state index in [0.29, 0.717) is 12.1 Å².